The number of hydrogen-bond acceptors (Lipinski definition) is 7. The van der Waals surface area contributed by atoms with Crippen molar-refractivity contribution in [3.8, 4) is 16.9 Å². The second-order valence-electron chi connectivity index (χ2n) is 7.72. The highest BCUT2D eigenvalue weighted by Crippen LogP contribution is 2.39. The topological polar surface area (TPSA) is 85.3 Å². The number of nitrogens with zero attached hydrogens (tertiary/aromatic N) is 1. The number of halogens is 1. The second kappa shape index (κ2) is 10.8. The number of ether oxygens (including phenoxy) is 3. The smallest absolute Gasteiger partial charge is 0.335 e. The summed E-state index contributed by atoms with van der Waals surface area (Å²) in [7, 11) is 2.71. The first-order chi connectivity index (χ1) is 16.0. The van der Waals surface area contributed by atoms with Crippen molar-refractivity contribution in [2.24, 2.45) is 0 Å². The molecule has 1 N–H and O–H groups in total. The van der Waals surface area contributed by atoms with E-state index < -0.39 is 24.5 Å². The van der Waals surface area contributed by atoms with E-state index in [1.165, 1.54) is 16.0 Å². The third-order valence-electron chi connectivity index (χ3n) is 5.59. The van der Waals surface area contributed by atoms with Gasteiger partial charge >= 0.3 is 5.97 Å². The molecular formula is C24H22INO6S. The van der Waals surface area contributed by atoms with Gasteiger partial charge in [-0.3, -0.25) is 4.79 Å². The zero-order valence-electron chi connectivity index (χ0n) is 17.8. The molecule has 2 heterocycles. The Bertz CT molecular complexity index is 1070. The molecule has 33 heavy (non-hydrogen) atoms. The highest BCUT2D eigenvalue weighted by atomic mass is 127. The molecule has 0 saturated carbocycles. The first kappa shape index (κ1) is 23.9. The third-order valence-corrected chi connectivity index (χ3v) is 6.43. The van der Waals surface area contributed by atoms with Gasteiger partial charge in [0.2, 0.25) is 12.2 Å². The monoisotopic (exact) mass is 579 g/mol. The standard InChI is InChI=1S/C24H22INO6S/c1-30-24(29)21-12-18(27)13-23(32-21)31-19-8-4-16(5-9-19)20-14-22(28)26(20)17-6-2-15(3-7-17)10-11-33-25/h2-9,18,20-21,23,27H,12-14H2,1H3/t18-,20-,21-,23+/m0/s1. The quantitative estimate of drug-likeness (QED) is 0.249. The SMILES string of the molecule is COC(=O)[C@@H]1C[C@H](O)C[C@H](Oc2ccc([C@@H]3CC(=O)N3c3ccc(C#CSI)cc3)cc2)O1. The highest BCUT2D eigenvalue weighted by molar-refractivity contribution is 14.2. The minimum absolute atomic E-state index is 0.0511. The van der Waals surface area contributed by atoms with Gasteiger partial charge in [-0.2, -0.15) is 0 Å². The van der Waals surface area contributed by atoms with Crippen molar-refractivity contribution in [3.05, 3.63) is 59.7 Å². The average Bonchev–Trinajstić information content (AvgIpc) is 2.81. The molecule has 2 aromatic rings. The van der Waals surface area contributed by atoms with Gasteiger partial charge in [0.25, 0.3) is 0 Å². The van der Waals surface area contributed by atoms with Crippen molar-refractivity contribution in [1.29, 1.82) is 0 Å². The number of carbonyl (C=O) groups excluding carboxylic acids is 2. The molecule has 172 valence electrons. The Hall–Kier alpha value is -2.26. The van der Waals surface area contributed by atoms with Gasteiger partial charge in [-0.05, 0) is 56.1 Å². The molecule has 2 aromatic carbocycles. The van der Waals surface area contributed by atoms with Crippen LogP contribution < -0.4 is 9.64 Å². The number of amides is 1. The van der Waals surface area contributed by atoms with Crippen LogP contribution in [0.15, 0.2) is 48.5 Å². The average molecular weight is 579 g/mol. The summed E-state index contributed by atoms with van der Waals surface area (Å²) in [4.78, 5) is 25.9. The predicted octanol–water partition coefficient (Wildman–Crippen LogP) is 3.97. The van der Waals surface area contributed by atoms with Crippen LogP contribution in [0.3, 0.4) is 0 Å². The number of hydrogen-bond donors (Lipinski definition) is 1. The molecule has 7 nitrogen and oxygen atoms in total. The van der Waals surface area contributed by atoms with Gasteiger partial charge in [0.15, 0.2) is 6.10 Å². The van der Waals surface area contributed by atoms with Gasteiger partial charge in [-0.15, -0.1) is 0 Å². The Morgan fingerprint density at radius 3 is 2.55 bits per heavy atom. The number of β-lactam (4-membered cyclic amide) rings is 1. The number of methoxy groups -OCH3 is 1. The first-order valence-electron chi connectivity index (χ1n) is 10.4. The van der Waals surface area contributed by atoms with E-state index in [2.05, 4.69) is 32.4 Å². The van der Waals surface area contributed by atoms with Crippen LogP contribution >= 0.6 is 30.1 Å². The van der Waals surface area contributed by atoms with E-state index in [0.29, 0.717) is 12.2 Å². The number of rotatable bonds is 5. The van der Waals surface area contributed by atoms with E-state index >= 15 is 0 Å². The van der Waals surface area contributed by atoms with Crippen LogP contribution in [0.2, 0.25) is 0 Å². The Balaban J connectivity index is 1.41. The van der Waals surface area contributed by atoms with Crippen LogP contribution in [0, 0.1) is 11.2 Å². The number of anilines is 1. The Morgan fingerprint density at radius 1 is 1.18 bits per heavy atom. The third kappa shape index (κ3) is 5.63. The van der Waals surface area contributed by atoms with Crippen LogP contribution in [0.25, 0.3) is 0 Å². The maximum absolute atomic E-state index is 12.3. The van der Waals surface area contributed by atoms with Crippen LogP contribution in [0.5, 0.6) is 5.75 Å². The zero-order valence-corrected chi connectivity index (χ0v) is 20.7. The fraction of sp³-hybridized carbons (Fsp3) is 0.333. The number of aliphatic hydroxyl groups excluding tert-OH is 1. The van der Waals surface area contributed by atoms with Crippen molar-refractivity contribution in [1.82, 2.24) is 0 Å². The van der Waals surface area contributed by atoms with Crippen LogP contribution in [-0.4, -0.2) is 42.6 Å². The molecule has 9 heteroatoms. The summed E-state index contributed by atoms with van der Waals surface area (Å²) < 4.78 is 16.2. The van der Waals surface area contributed by atoms with Gasteiger partial charge in [0.05, 0.1) is 25.7 Å². The van der Waals surface area contributed by atoms with E-state index in [1.54, 1.807) is 17.0 Å². The zero-order chi connectivity index (χ0) is 23.4. The van der Waals surface area contributed by atoms with E-state index in [1.807, 2.05) is 36.4 Å². The van der Waals surface area contributed by atoms with Gasteiger partial charge in [0.1, 0.15) is 5.75 Å². The van der Waals surface area contributed by atoms with Crippen LogP contribution in [-0.2, 0) is 19.1 Å². The second-order valence-corrected chi connectivity index (χ2v) is 9.40. The highest BCUT2D eigenvalue weighted by Gasteiger charge is 2.38. The van der Waals surface area contributed by atoms with Gasteiger partial charge in [-0.1, -0.05) is 18.1 Å². The van der Waals surface area contributed by atoms with Gasteiger partial charge < -0.3 is 24.2 Å². The maximum Gasteiger partial charge on any atom is 0.335 e. The van der Waals surface area contributed by atoms with E-state index in [-0.39, 0.29) is 24.8 Å². The normalized spacial score (nSPS) is 24.3. The molecule has 4 atom stereocenters. The molecule has 1 amide bonds. The molecule has 0 bridgehead atoms. The summed E-state index contributed by atoms with van der Waals surface area (Å²) in [6, 6.07) is 15.0. The molecule has 2 saturated heterocycles. The van der Waals surface area contributed by atoms with Gasteiger partial charge in [-0.25, -0.2) is 4.79 Å². The largest absolute Gasteiger partial charge is 0.467 e. The number of aliphatic hydroxyl groups is 1. The molecule has 2 aliphatic heterocycles. The molecule has 0 unspecified atom stereocenters. The fourth-order valence-corrected chi connectivity index (χ4v) is 4.42. The van der Waals surface area contributed by atoms with E-state index in [9.17, 15) is 14.7 Å². The first-order valence-corrected chi connectivity index (χ1v) is 13.7. The molecule has 0 spiro atoms. The van der Waals surface area contributed by atoms with Crippen molar-refractivity contribution in [2.75, 3.05) is 12.0 Å². The van der Waals surface area contributed by atoms with Gasteiger partial charge in [0, 0.05) is 45.3 Å². The number of benzene rings is 2. The molecule has 0 aromatic heterocycles. The maximum atomic E-state index is 12.3. The fourth-order valence-electron chi connectivity index (χ4n) is 3.93. The van der Waals surface area contributed by atoms with Crippen molar-refractivity contribution in [3.63, 3.8) is 0 Å². The summed E-state index contributed by atoms with van der Waals surface area (Å²) in [6.07, 6.45) is -1.43. The lowest BCUT2D eigenvalue weighted by molar-refractivity contribution is -0.197. The summed E-state index contributed by atoms with van der Waals surface area (Å²) in [5, 5.41) is 13.0. The Labute approximate surface area is 208 Å². The Morgan fingerprint density at radius 2 is 1.91 bits per heavy atom. The van der Waals surface area contributed by atoms with Crippen molar-refractivity contribution in [2.45, 2.75) is 43.8 Å². The lowest BCUT2D eigenvalue weighted by Crippen LogP contribution is -2.46. The number of carbonyl (C=O) groups is 2. The van der Waals surface area contributed by atoms with Crippen LogP contribution in [0.1, 0.15) is 36.4 Å². The molecule has 2 fully saturated rings. The minimum atomic E-state index is -0.852. The lowest BCUT2D eigenvalue weighted by Gasteiger charge is -2.41. The Kier molecular flexibility index (Phi) is 7.80. The number of esters is 1. The summed E-state index contributed by atoms with van der Waals surface area (Å²) >= 11 is 2.13. The summed E-state index contributed by atoms with van der Waals surface area (Å²) in [5.41, 5.74) is 2.73. The predicted molar refractivity (Wildman–Crippen MR) is 133 cm³/mol. The van der Waals surface area contributed by atoms with E-state index in [4.69, 9.17) is 14.2 Å². The van der Waals surface area contributed by atoms with E-state index in [0.717, 1.165) is 16.8 Å². The molecular weight excluding hydrogens is 557 g/mol. The summed E-state index contributed by atoms with van der Waals surface area (Å²) in [5.74, 6) is 3.13. The van der Waals surface area contributed by atoms with Crippen LogP contribution in [0.4, 0.5) is 5.69 Å². The minimum Gasteiger partial charge on any atom is -0.467 e. The molecule has 0 radical (unpaired) electrons. The summed E-state index contributed by atoms with van der Waals surface area (Å²) in [6.45, 7) is 0. The lowest BCUT2D eigenvalue weighted by atomic mass is 9.93. The van der Waals surface area contributed by atoms with Crippen molar-refractivity contribution >= 4 is 47.7 Å². The molecule has 0 aliphatic carbocycles. The van der Waals surface area contributed by atoms with Crippen molar-refractivity contribution < 1.29 is 28.9 Å². The molecule has 2 aliphatic rings. The molecule has 4 rings (SSSR count).